The van der Waals surface area contributed by atoms with Crippen molar-refractivity contribution in [3.63, 3.8) is 0 Å². The van der Waals surface area contributed by atoms with Gasteiger partial charge < -0.3 is 4.43 Å². The van der Waals surface area contributed by atoms with E-state index in [0.29, 0.717) is 30.1 Å². The fourth-order valence-corrected chi connectivity index (χ4v) is 6.21. The van der Waals surface area contributed by atoms with E-state index in [1.807, 2.05) is 0 Å². The van der Waals surface area contributed by atoms with Crippen molar-refractivity contribution in [1.29, 1.82) is 0 Å². The van der Waals surface area contributed by atoms with Gasteiger partial charge in [0.2, 0.25) is 14.1 Å². The van der Waals surface area contributed by atoms with Gasteiger partial charge in [0.05, 0.1) is 22.9 Å². The molecule has 1 saturated heterocycles. The molecule has 0 bridgehead atoms. The molecule has 1 heterocycles. The van der Waals surface area contributed by atoms with Crippen LogP contribution < -0.4 is 0 Å². The van der Waals surface area contributed by atoms with Gasteiger partial charge in [-0.2, -0.15) is 0 Å². The number of benzene rings is 1. The smallest absolute Gasteiger partial charge is 0.277 e. The minimum Gasteiger partial charge on any atom is -0.546 e. The lowest BCUT2D eigenvalue weighted by Gasteiger charge is -2.41. The molecule has 1 saturated carbocycles. The summed E-state index contributed by atoms with van der Waals surface area (Å²) >= 11 is 0. The molecule has 3 rings (SSSR count). The summed E-state index contributed by atoms with van der Waals surface area (Å²) in [4.78, 5) is 19.2. The van der Waals surface area contributed by atoms with Crippen LogP contribution in [0.3, 0.4) is 0 Å². The SMILES string of the molecule is C/C(O[Si](C)(C)C(C)(C)C)=C1\C(=O)N(OCc2c(F)c(F)c(F)c(F)c2F)[C@H]2CC[C@@H](C(C)(C)C)C[C@@H]12. The van der Waals surface area contributed by atoms with Gasteiger partial charge in [-0.1, -0.05) is 41.5 Å². The van der Waals surface area contributed by atoms with E-state index in [4.69, 9.17) is 9.26 Å². The molecule has 2 aliphatic rings. The first-order chi connectivity index (χ1) is 16.8. The summed E-state index contributed by atoms with van der Waals surface area (Å²) in [5.74, 6) is -10.2. The lowest BCUT2D eigenvalue weighted by atomic mass is 9.67. The Balaban J connectivity index is 1.99. The van der Waals surface area contributed by atoms with Crippen LogP contribution in [0.5, 0.6) is 0 Å². The molecule has 208 valence electrons. The lowest BCUT2D eigenvalue weighted by Crippen LogP contribution is -2.41. The number of hydrogen-bond donors (Lipinski definition) is 0. The van der Waals surface area contributed by atoms with E-state index in [2.05, 4.69) is 54.6 Å². The maximum atomic E-state index is 14.3. The summed E-state index contributed by atoms with van der Waals surface area (Å²) in [6, 6.07) is -0.430. The van der Waals surface area contributed by atoms with Crippen molar-refractivity contribution >= 4 is 14.2 Å². The van der Waals surface area contributed by atoms with Crippen LogP contribution in [-0.4, -0.2) is 25.3 Å². The molecular weight excluding hydrogens is 509 g/mol. The molecule has 1 aromatic carbocycles. The van der Waals surface area contributed by atoms with Crippen LogP contribution in [0.15, 0.2) is 11.3 Å². The maximum Gasteiger partial charge on any atom is 0.277 e. The van der Waals surface area contributed by atoms with Crippen molar-refractivity contribution in [2.45, 2.75) is 98.5 Å². The second-order valence-corrected chi connectivity index (χ2v) is 17.6. The number of fused-ring (bicyclic) bond motifs is 1. The molecule has 37 heavy (non-hydrogen) atoms. The van der Waals surface area contributed by atoms with Gasteiger partial charge in [0, 0.05) is 5.92 Å². The van der Waals surface area contributed by atoms with Gasteiger partial charge in [0.1, 0.15) is 6.61 Å². The highest BCUT2D eigenvalue weighted by molar-refractivity contribution is 6.74. The average Bonchev–Trinajstić information content (AvgIpc) is 3.05. The van der Waals surface area contributed by atoms with Gasteiger partial charge in [-0.3, -0.25) is 9.63 Å². The molecule has 3 atom stereocenters. The molecule has 4 nitrogen and oxygen atoms in total. The Morgan fingerprint density at radius 2 is 1.43 bits per heavy atom. The van der Waals surface area contributed by atoms with Crippen molar-refractivity contribution < 1.29 is 36.0 Å². The van der Waals surface area contributed by atoms with E-state index in [-0.39, 0.29) is 16.4 Å². The molecule has 0 spiro atoms. The van der Waals surface area contributed by atoms with Gasteiger partial charge >= 0.3 is 0 Å². The number of carbonyl (C=O) groups excluding carboxylic acids is 1. The van der Waals surface area contributed by atoms with Crippen LogP contribution >= 0.6 is 0 Å². The first kappa shape index (κ1) is 29.6. The first-order valence-corrected chi connectivity index (χ1v) is 15.6. The number of hydrogen-bond acceptors (Lipinski definition) is 3. The monoisotopic (exact) mass is 547 g/mol. The molecule has 1 amide bonds. The minimum atomic E-state index is -2.29. The fraction of sp³-hybridized carbons (Fsp3) is 0.667. The van der Waals surface area contributed by atoms with Crippen molar-refractivity contribution in [3.05, 3.63) is 46.0 Å². The highest BCUT2D eigenvalue weighted by Gasteiger charge is 2.51. The number of carbonyl (C=O) groups is 1. The van der Waals surface area contributed by atoms with Crippen molar-refractivity contribution in [2.75, 3.05) is 0 Å². The summed E-state index contributed by atoms with van der Waals surface area (Å²) in [6.07, 6.45) is 2.07. The van der Waals surface area contributed by atoms with Crippen LogP contribution in [0.2, 0.25) is 18.1 Å². The topological polar surface area (TPSA) is 38.8 Å². The van der Waals surface area contributed by atoms with Crippen molar-refractivity contribution in [2.24, 2.45) is 17.3 Å². The summed E-state index contributed by atoms with van der Waals surface area (Å²) < 4.78 is 75.9. The Kier molecular flexibility index (Phi) is 7.99. The summed E-state index contributed by atoms with van der Waals surface area (Å²) in [7, 11) is -2.29. The molecule has 0 unspecified atom stereocenters. The third-order valence-corrected chi connectivity index (χ3v) is 12.8. The molecule has 1 aliphatic heterocycles. The van der Waals surface area contributed by atoms with Crippen molar-refractivity contribution in [1.82, 2.24) is 5.06 Å². The largest absolute Gasteiger partial charge is 0.546 e. The third kappa shape index (κ3) is 5.46. The van der Waals surface area contributed by atoms with E-state index in [1.54, 1.807) is 6.92 Å². The van der Waals surface area contributed by atoms with Crippen LogP contribution in [0, 0.1) is 46.3 Å². The highest BCUT2D eigenvalue weighted by Crippen LogP contribution is 2.49. The minimum absolute atomic E-state index is 0.00296. The standard InChI is InChI=1S/C27H38F5NO3Si/c1-14(36-37(8,9)27(5,6)7)19-16-12-15(26(2,3)4)10-11-18(16)33(25(19)34)35-13-17-20(28)22(30)24(32)23(31)21(17)29/h15-16,18H,10-13H2,1-9H3/b19-14+/t15-,16-,18+/m1/s1. The molecule has 0 N–H and O–H groups in total. The molecule has 10 heteroatoms. The molecule has 1 aliphatic carbocycles. The average molecular weight is 548 g/mol. The van der Waals surface area contributed by atoms with Crippen molar-refractivity contribution in [3.8, 4) is 0 Å². The maximum absolute atomic E-state index is 14.3. The Morgan fingerprint density at radius 1 is 0.919 bits per heavy atom. The number of amides is 1. The second-order valence-electron chi connectivity index (χ2n) is 12.8. The fourth-order valence-electron chi connectivity index (χ4n) is 5.03. The molecule has 0 radical (unpaired) electrons. The van der Waals surface area contributed by atoms with Crippen LogP contribution in [-0.2, 0) is 20.7 Å². The van der Waals surface area contributed by atoms with Crippen LogP contribution in [0.25, 0.3) is 0 Å². The van der Waals surface area contributed by atoms with Gasteiger partial charge in [0.15, 0.2) is 23.3 Å². The first-order valence-electron chi connectivity index (χ1n) is 12.7. The zero-order valence-corrected chi connectivity index (χ0v) is 24.1. The highest BCUT2D eigenvalue weighted by atomic mass is 28.4. The van der Waals surface area contributed by atoms with Gasteiger partial charge in [-0.25, -0.2) is 27.0 Å². The molecule has 1 aromatic rings. The Morgan fingerprint density at radius 3 is 1.92 bits per heavy atom. The van der Waals surface area contributed by atoms with Gasteiger partial charge in [-0.15, -0.1) is 0 Å². The van der Waals surface area contributed by atoms with E-state index >= 15 is 0 Å². The predicted molar refractivity (Wildman–Crippen MR) is 133 cm³/mol. The third-order valence-electron chi connectivity index (χ3n) is 8.38. The lowest BCUT2D eigenvalue weighted by molar-refractivity contribution is -0.200. The molecule has 2 fully saturated rings. The number of nitrogens with zero attached hydrogens (tertiary/aromatic N) is 1. The normalized spacial score (nSPS) is 24.4. The van der Waals surface area contributed by atoms with E-state index in [0.717, 1.165) is 11.5 Å². The van der Waals surface area contributed by atoms with E-state index in [1.165, 1.54) is 0 Å². The van der Waals surface area contributed by atoms with E-state index < -0.39 is 61.5 Å². The molecule has 0 aromatic heterocycles. The van der Waals surface area contributed by atoms with Gasteiger partial charge in [-0.05, 0) is 55.7 Å². The van der Waals surface area contributed by atoms with Crippen LogP contribution in [0.4, 0.5) is 22.0 Å². The summed E-state index contributed by atoms with van der Waals surface area (Å²) in [5, 5.41) is 0.952. The number of allylic oxidation sites excluding steroid dienone is 1. The zero-order chi connectivity index (χ0) is 28.2. The number of hydroxylamine groups is 2. The predicted octanol–water partition coefficient (Wildman–Crippen LogP) is 7.78. The second kappa shape index (κ2) is 9.98. The quantitative estimate of drug-likeness (QED) is 0.0944. The summed E-state index contributed by atoms with van der Waals surface area (Å²) in [6.45, 7) is 17.6. The van der Waals surface area contributed by atoms with E-state index in [9.17, 15) is 26.7 Å². The van der Waals surface area contributed by atoms with Gasteiger partial charge in [0.25, 0.3) is 5.91 Å². The van der Waals surface area contributed by atoms with Crippen LogP contribution in [0.1, 0.15) is 73.3 Å². The number of rotatable bonds is 5. The Hall–Kier alpha value is -1.94. The zero-order valence-electron chi connectivity index (χ0n) is 23.1. The molecular formula is C27H38F5NO3Si. The summed E-state index contributed by atoms with van der Waals surface area (Å²) in [5.41, 5.74) is -0.659. The number of halogens is 5. The Labute approximate surface area is 217 Å². The Bertz CT molecular complexity index is 1080.